The van der Waals surface area contributed by atoms with Crippen molar-refractivity contribution in [1.82, 2.24) is 5.32 Å². The lowest BCUT2D eigenvalue weighted by atomic mass is 10.0. The number of rotatable bonds is 7. The van der Waals surface area contributed by atoms with Crippen molar-refractivity contribution in [2.75, 3.05) is 11.9 Å². The van der Waals surface area contributed by atoms with Crippen LogP contribution >= 0.6 is 0 Å². The number of ether oxygens (including phenoxy) is 1. The number of aliphatic hydroxyl groups is 1. The second-order valence-electron chi connectivity index (χ2n) is 6.02. The zero-order valence-corrected chi connectivity index (χ0v) is 14.0. The first-order valence-corrected chi connectivity index (χ1v) is 8.08. The molecule has 5 heteroatoms. The summed E-state index contributed by atoms with van der Waals surface area (Å²) in [7, 11) is 0. The topological polar surface area (TPSA) is 70.6 Å². The lowest BCUT2D eigenvalue weighted by Crippen LogP contribution is -2.41. The van der Waals surface area contributed by atoms with Crippen molar-refractivity contribution in [3.63, 3.8) is 0 Å². The van der Waals surface area contributed by atoms with Crippen molar-refractivity contribution in [1.29, 1.82) is 0 Å². The molecular formula is C19H24N2O3. The maximum Gasteiger partial charge on any atom is 0.319 e. The number of hydrogen-bond donors (Lipinski definition) is 3. The van der Waals surface area contributed by atoms with E-state index in [1.54, 1.807) is 12.1 Å². The van der Waals surface area contributed by atoms with Crippen LogP contribution < -0.4 is 15.4 Å². The summed E-state index contributed by atoms with van der Waals surface area (Å²) >= 11 is 0. The number of benzene rings is 2. The predicted molar refractivity (Wildman–Crippen MR) is 95.4 cm³/mol. The number of anilines is 1. The van der Waals surface area contributed by atoms with Crippen molar-refractivity contribution in [3.8, 4) is 11.5 Å². The molecule has 0 bridgehead atoms. The van der Waals surface area contributed by atoms with Gasteiger partial charge in [-0.2, -0.15) is 0 Å². The quantitative estimate of drug-likeness (QED) is 0.719. The van der Waals surface area contributed by atoms with Crippen molar-refractivity contribution in [2.45, 2.75) is 26.3 Å². The molecule has 2 rings (SSSR count). The molecule has 0 aliphatic heterocycles. The van der Waals surface area contributed by atoms with Crippen LogP contribution in [0.2, 0.25) is 0 Å². The van der Waals surface area contributed by atoms with Crippen LogP contribution in [0.15, 0.2) is 54.6 Å². The molecule has 2 aromatic carbocycles. The molecular weight excluding hydrogens is 304 g/mol. The summed E-state index contributed by atoms with van der Waals surface area (Å²) in [4.78, 5) is 12.2. The Kier molecular flexibility index (Phi) is 6.63. The van der Waals surface area contributed by atoms with Gasteiger partial charge in [-0.3, -0.25) is 0 Å². The van der Waals surface area contributed by atoms with Crippen LogP contribution in [0, 0.1) is 5.92 Å². The van der Waals surface area contributed by atoms with Gasteiger partial charge in [0.1, 0.15) is 5.75 Å². The smallest absolute Gasteiger partial charge is 0.319 e. The van der Waals surface area contributed by atoms with Gasteiger partial charge in [0.15, 0.2) is 5.75 Å². The van der Waals surface area contributed by atoms with E-state index in [0.29, 0.717) is 29.5 Å². The highest BCUT2D eigenvalue weighted by molar-refractivity contribution is 5.91. The second-order valence-corrected chi connectivity index (χ2v) is 6.02. The standard InChI is InChI=1S/C19H24N2O3/c1-14(2)12-15(13-22)20-19(23)21-17-10-6-7-11-18(17)24-16-8-4-3-5-9-16/h3-11,14-15,22H,12-13H2,1-2H3,(H2,20,21,23). The SMILES string of the molecule is CC(C)CC(CO)NC(=O)Nc1ccccc1Oc1ccccc1. The van der Waals surface area contributed by atoms with E-state index < -0.39 is 0 Å². The third-order valence-corrected chi connectivity index (χ3v) is 3.42. The maximum atomic E-state index is 12.2. The van der Waals surface area contributed by atoms with E-state index in [-0.39, 0.29) is 18.7 Å². The Hall–Kier alpha value is -2.53. The number of aliphatic hydroxyl groups excluding tert-OH is 1. The van der Waals surface area contributed by atoms with Crippen LogP contribution in [-0.2, 0) is 0 Å². The fraction of sp³-hybridized carbons (Fsp3) is 0.316. The number of carbonyl (C=O) groups is 1. The Morgan fingerprint density at radius 1 is 1.08 bits per heavy atom. The predicted octanol–water partition coefficient (Wildman–Crippen LogP) is 4.01. The molecule has 0 aromatic heterocycles. The zero-order valence-electron chi connectivity index (χ0n) is 14.0. The molecule has 1 unspecified atom stereocenters. The second kappa shape index (κ2) is 8.93. The largest absolute Gasteiger partial charge is 0.455 e. The summed E-state index contributed by atoms with van der Waals surface area (Å²) in [5.74, 6) is 1.64. The first kappa shape index (κ1) is 17.8. The first-order chi connectivity index (χ1) is 11.6. The molecule has 2 amide bonds. The van der Waals surface area contributed by atoms with Gasteiger partial charge in [0.25, 0.3) is 0 Å². The Morgan fingerprint density at radius 3 is 2.42 bits per heavy atom. The summed E-state index contributed by atoms with van der Waals surface area (Å²) in [6.07, 6.45) is 0.714. The van der Waals surface area contributed by atoms with E-state index in [9.17, 15) is 9.90 Å². The minimum Gasteiger partial charge on any atom is -0.455 e. The van der Waals surface area contributed by atoms with Gasteiger partial charge in [0.2, 0.25) is 0 Å². The third-order valence-electron chi connectivity index (χ3n) is 3.42. The molecule has 0 saturated carbocycles. The Balaban J connectivity index is 2.03. The highest BCUT2D eigenvalue weighted by Gasteiger charge is 2.14. The van der Waals surface area contributed by atoms with Crippen LogP contribution in [0.5, 0.6) is 11.5 Å². The van der Waals surface area contributed by atoms with E-state index in [0.717, 1.165) is 0 Å². The summed E-state index contributed by atoms with van der Waals surface area (Å²) in [5, 5.41) is 14.9. The molecule has 3 N–H and O–H groups in total. The normalized spacial score (nSPS) is 11.8. The van der Waals surface area contributed by atoms with E-state index in [2.05, 4.69) is 10.6 Å². The number of para-hydroxylation sites is 3. The molecule has 0 spiro atoms. The molecule has 5 nitrogen and oxygen atoms in total. The highest BCUT2D eigenvalue weighted by atomic mass is 16.5. The molecule has 0 aliphatic rings. The van der Waals surface area contributed by atoms with Gasteiger partial charge in [-0.1, -0.05) is 44.2 Å². The van der Waals surface area contributed by atoms with Gasteiger partial charge in [-0.05, 0) is 36.6 Å². The van der Waals surface area contributed by atoms with Gasteiger partial charge in [-0.15, -0.1) is 0 Å². The number of urea groups is 1. The fourth-order valence-electron chi connectivity index (χ4n) is 2.37. The Labute approximate surface area is 142 Å². The van der Waals surface area contributed by atoms with Gasteiger partial charge in [0, 0.05) is 0 Å². The van der Waals surface area contributed by atoms with Crippen molar-refractivity contribution in [3.05, 3.63) is 54.6 Å². The van der Waals surface area contributed by atoms with Crippen LogP contribution in [-0.4, -0.2) is 23.8 Å². The van der Waals surface area contributed by atoms with Crippen LogP contribution in [0.25, 0.3) is 0 Å². The Morgan fingerprint density at radius 2 is 1.75 bits per heavy atom. The molecule has 0 saturated heterocycles. The van der Waals surface area contributed by atoms with Crippen molar-refractivity contribution in [2.24, 2.45) is 5.92 Å². The average molecular weight is 328 g/mol. The lowest BCUT2D eigenvalue weighted by molar-refractivity contribution is 0.214. The Bertz CT molecular complexity index is 644. The molecule has 24 heavy (non-hydrogen) atoms. The monoisotopic (exact) mass is 328 g/mol. The molecule has 0 radical (unpaired) electrons. The first-order valence-electron chi connectivity index (χ1n) is 8.08. The average Bonchev–Trinajstić information content (AvgIpc) is 2.56. The molecule has 0 aliphatic carbocycles. The molecule has 2 aromatic rings. The van der Waals surface area contributed by atoms with Gasteiger partial charge >= 0.3 is 6.03 Å². The maximum absolute atomic E-state index is 12.2. The van der Waals surface area contributed by atoms with Gasteiger partial charge < -0.3 is 20.5 Å². The molecule has 1 atom stereocenters. The van der Waals surface area contributed by atoms with Crippen LogP contribution in [0.3, 0.4) is 0 Å². The third kappa shape index (κ3) is 5.59. The van der Waals surface area contributed by atoms with Gasteiger partial charge in [0.05, 0.1) is 18.3 Å². The molecule has 0 heterocycles. The summed E-state index contributed by atoms with van der Waals surface area (Å²) in [6, 6.07) is 16.0. The van der Waals surface area contributed by atoms with E-state index >= 15 is 0 Å². The highest BCUT2D eigenvalue weighted by Crippen LogP contribution is 2.28. The van der Waals surface area contributed by atoms with Gasteiger partial charge in [-0.25, -0.2) is 4.79 Å². The van der Waals surface area contributed by atoms with Crippen LogP contribution in [0.1, 0.15) is 20.3 Å². The van der Waals surface area contributed by atoms with E-state index in [1.165, 1.54) is 0 Å². The molecule has 128 valence electrons. The van der Waals surface area contributed by atoms with Crippen molar-refractivity contribution >= 4 is 11.7 Å². The zero-order chi connectivity index (χ0) is 17.4. The molecule has 0 fully saturated rings. The van der Waals surface area contributed by atoms with E-state index in [4.69, 9.17) is 4.74 Å². The minimum absolute atomic E-state index is 0.0895. The number of amides is 2. The summed E-state index contributed by atoms with van der Waals surface area (Å²) < 4.78 is 5.81. The number of carbonyl (C=O) groups excluding carboxylic acids is 1. The van der Waals surface area contributed by atoms with E-state index in [1.807, 2.05) is 56.3 Å². The minimum atomic E-state index is -0.362. The summed E-state index contributed by atoms with van der Waals surface area (Å²) in [5.41, 5.74) is 0.570. The van der Waals surface area contributed by atoms with Crippen molar-refractivity contribution < 1.29 is 14.6 Å². The fourth-order valence-corrected chi connectivity index (χ4v) is 2.37. The lowest BCUT2D eigenvalue weighted by Gasteiger charge is -2.19. The number of nitrogens with one attached hydrogen (secondary N) is 2. The number of hydrogen-bond acceptors (Lipinski definition) is 3. The summed E-state index contributed by atoms with van der Waals surface area (Å²) in [6.45, 7) is 4.00. The van der Waals surface area contributed by atoms with Crippen LogP contribution in [0.4, 0.5) is 10.5 Å².